The molecule has 7 heteroatoms. The van der Waals surface area contributed by atoms with E-state index in [-0.39, 0.29) is 18.6 Å². The highest BCUT2D eigenvalue weighted by Gasteiger charge is 2.44. The minimum Gasteiger partial charge on any atom is -0.479 e. The van der Waals surface area contributed by atoms with Gasteiger partial charge in [-0.05, 0) is 47.9 Å². The largest absolute Gasteiger partial charge is 0.479 e. The van der Waals surface area contributed by atoms with Crippen molar-refractivity contribution in [3.05, 3.63) is 59.7 Å². The molecule has 5 rings (SSSR count). The molecule has 2 fully saturated rings. The van der Waals surface area contributed by atoms with Crippen molar-refractivity contribution in [2.45, 2.75) is 62.4 Å². The third-order valence-electron chi connectivity index (χ3n) is 6.94. The first kappa shape index (κ1) is 21.9. The predicted molar refractivity (Wildman–Crippen MR) is 121 cm³/mol. The molecule has 0 aromatic heterocycles. The first-order valence-corrected chi connectivity index (χ1v) is 11.7. The molecule has 1 aliphatic carbocycles. The van der Waals surface area contributed by atoms with Crippen molar-refractivity contribution >= 4 is 12.1 Å². The maximum atomic E-state index is 12.5. The Morgan fingerprint density at radius 2 is 1.61 bits per heavy atom. The van der Waals surface area contributed by atoms with Gasteiger partial charge in [0.2, 0.25) is 0 Å². The molecule has 2 N–H and O–H groups in total. The highest BCUT2D eigenvalue weighted by molar-refractivity contribution is 5.79. The fourth-order valence-corrected chi connectivity index (χ4v) is 5.39. The molecule has 2 aliphatic heterocycles. The second kappa shape index (κ2) is 9.15. The van der Waals surface area contributed by atoms with E-state index in [1.54, 1.807) is 0 Å². The number of rotatable bonds is 5. The second-order valence-electron chi connectivity index (χ2n) is 9.09. The first-order chi connectivity index (χ1) is 16.0. The van der Waals surface area contributed by atoms with E-state index in [1.165, 1.54) is 22.3 Å². The fourth-order valence-electron chi connectivity index (χ4n) is 5.39. The molecular weight excluding hydrogens is 422 g/mol. The van der Waals surface area contributed by atoms with Gasteiger partial charge >= 0.3 is 12.1 Å². The number of fused-ring (bicyclic) bond motifs is 3. The lowest BCUT2D eigenvalue weighted by molar-refractivity contribution is -0.310. The van der Waals surface area contributed by atoms with E-state index in [1.807, 2.05) is 24.3 Å². The van der Waals surface area contributed by atoms with Gasteiger partial charge in [0.05, 0.1) is 6.10 Å². The van der Waals surface area contributed by atoms with E-state index in [2.05, 4.69) is 29.6 Å². The van der Waals surface area contributed by atoms with Gasteiger partial charge in [-0.25, -0.2) is 9.59 Å². The Kier molecular flexibility index (Phi) is 6.08. The van der Waals surface area contributed by atoms with Gasteiger partial charge in [-0.3, -0.25) is 0 Å². The summed E-state index contributed by atoms with van der Waals surface area (Å²) in [7, 11) is 0. The molecule has 3 atom stereocenters. The van der Waals surface area contributed by atoms with Crippen LogP contribution in [-0.4, -0.2) is 48.3 Å². The summed E-state index contributed by atoms with van der Waals surface area (Å²) in [5.41, 5.74) is 4.73. The molecule has 174 valence electrons. The Morgan fingerprint density at radius 3 is 2.27 bits per heavy atom. The van der Waals surface area contributed by atoms with Crippen molar-refractivity contribution in [2.75, 3.05) is 13.2 Å². The Hall–Kier alpha value is -2.90. The highest BCUT2D eigenvalue weighted by atomic mass is 16.7. The summed E-state index contributed by atoms with van der Waals surface area (Å²) in [4.78, 5) is 23.8. The maximum absolute atomic E-state index is 12.5. The van der Waals surface area contributed by atoms with Crippen LogP contribution in [0.15, 0.2) is 48.5 Å². The van der Waals surface area contributed by atoms with Crippen LogP contribution in [0.1, 0.15) is 55.6 Å². The summed E-state index contributed by atoms with van der Waals surface area (Å²) in [5.74, 6) is -1.79. The maximum Gasteiger partial charge on any atom is 0.407 e. The summed E-state index contributed by atoms with van der Waals surface area (Å²) in [5, 5.41) is 12.1. The minimum atomic E-state index is -0.948. The van der Waals surface area contributed by atoms with Crippen LogP contribution in [0, 0.1) is 0 Å². The molecule has 3 unspecified atom stereocenters. The number of alkyl carbamates (subject to hydrolysis) is 1. The number of amides is 1. The van der Waals surface area contributed by atoms with Crippen LogP contribution in [0.4, 0.5) is 4.79 Å². The second-order valence-corrected chi connectivity index (χ2v) is 9.09. The SMILES string of the molecule is O=C(NCC1CCCC2(CCCC(C(=O)O)O2)O1)OCC1c2ccccc2-c2ccccc21. The first-order valence-electron chi connectivity index (χ1n) is 11.7. The summed E-state index contributed by atoms with van der Waals surface area (Å²) in [6, 6.07) is 16.5. The number of carboxylic acids is 1. The van der Waals surface area contributed by atoms with E-state index in [9.17, 15) is 14.7 Å². The molecular formula is C26H29NO6. The number of carbonyl (C=O) groups is 2. The van der Waals surface area contributed by atoms with Crippen molar-refractivity contribution in [1.29, 1.82) is 0 Å². The lowest BCUT2D eigenvalue weighted by Gasteiger charge is -2.45. The van der Waals surface area contributed by atoms with E-state index in [4.69, 9.17) is 14.2 Å². The monoisotopic (exact) mass is 451 g/mol. The topological polar surface area (TPSA) is 94.1 Å². The Balaban J connectivity index is 1.15. The summed E-state index contributed by atoms with van der Waals surface area (Å²) in [6.45, 7) is 0.568. The summed E-state index contributed by atoms with van der Waals surface area (Å²) >= 11 is 0. The summed E-state index contributed by atoms with van der Waals surface area (Å²) in [6.07, 6.45) is 2.73. The molecule has 2 heterocycles. The van der Waals surface area contributed by atoms with Gasteiger partial charge in [-0.2, -0.15) is 0 Å². The van der Waals surface area contributed by atoms with Gasteiger partial charge in [-0.15, -0.1) is 0 Å². The van der Waals surface area contributed by atoms with Crippen LogP contribution in [-0.2, 0) is 19.0 Å². The molecule has 2 saturated heterocycles. The van der Waals surface area contributed by atoms with E-state index >= 15 is 0 Å². The van der Waals surface area contributed by atoms with Crippen molar-refractivity contribution in [2.24, 2.45) is 0 Å². The third-order valence-corrected chi connectivity index (χ3v) is 6.94. The molecule has 7 nitrogen and oxygen atoms in total. The van der Waals surface area contributed by atoms with Gasteiger partial charge in [0.15, 0.2) is 11.9 Å². The zero-order chi connectivity index (χ0) is 22.8. The number of nitrogens with one attached hydrogen (secondary N) is 1. The van der Waals surface area contributed by atoms with Crippen molar-refractivity contribution in [3.8, 4) is 11.1 Å². The predicted octanol–water partition coefficient (Wildman–Crippen LogP) is 4.44. The number of ether oxygens (including phenoxy) is 3. The van der Waals surface area contributed by atoms with Crippen LogP contribution in [0.25, 0.3) is 11.1 Å². The summed E-state index contributed by atoms with van der Waals surface area (Å²) < 4.78 is 17.6. The van der Waals surface area contributed by atoms with Crippen LogP contribution >= 0.6 is 0 Å². The van der Waals surface area contributed by atoms with Crippen LogP contribution in [0.2, 0.25) is 0 Å². The average Bonchev–Trinajstić information content (AvgIpc) is 3.15. The van der Waals surface area contributed by atoms with Crippen molar-refractivity contribution in [3.63, 3.8) is 0 Å². The molecule has 1 amide bonds. The number of carbonyl (C=O) groups excluding carboxylic acids is 1. The smallest absolute Gasteiger partial charge is 0.407 e. The van der Waals surface area contributed by atoms with Gasteiger partial charge in [0.1, 0.15) is 6.61 Å². The van der Waals surface area contributed by atoms with Gasteiger partial charge in [-0.1, -0.05) is 48.5 Å². The zero-order valence-corrected chi connectivity index (χ0v) is 18.5. The lowest BCUT2D eigenvalue weighted by atomic mass is 9.93. The number of benzene rings is 2. The quantitative estimate of drug-likeness (QED) is 0.698. The Labute approximate surface area is 193 Å². The number of hydrogen-bond acceptors (Lipinski definition) is 5. The Morgan fingerprint density at radius 1 is 0.970 bits per heavy atom. The Bertz CT molecular complexity index is 989. The fraction of sp³-hybridized carbons (Fsp3) is 0.462. The molecule has 1 spiro atoms. The number of carboxylic acid groups (broad SMARTS) is 1. The number of aliphatic carboxylic acids is 1. The highest BCUT2D eigenvalue weighted by Crippen LogP contribution is 2.44. The van der Waals surface area contributed by atoms with Crippen molar-refractivity contribution in [1.82, 2.24) is 5.32 Å². The molecule has 3 aliphatic rings. The molecule has 0 radical (unpaired) electrons. The zero-order valence-electron chi connectivity index (χ0n) is 18.5. The normalized spacial score (nSPS) is 26.4. The van der Waals surface area contributed by atoms with Gasteiger partial charge in [0, 0.05) is 25.3 Å². The third kappa shape index (κ3) is 4.48. The standard InChI is InChI=1S/C26H29NO6/c28-24(29)23-12-6-14-26(33-23)13-5-7-17(32-26)15-27-25(30)31-16-22-20-10-3-1-8-18(20)19-9-2-4-11-21(19)22/h1-4,8-11,17,22-23H,5-7,12-16H2,(H,27,30)(H,28,29). The van der Waals surface area contributed by atoms with Gasteiger partial charge < -0.3 is 24.6 Å². The lowest BCUT2D eigenvalue weighted by Crippen LogP contribution is -2.51. The molecule has 0 saturated carbocycles. The van der Waals surface area contributed by atoms with Crippen LogP contribution < -0.4 is 5.32 Å². The van der Waals surface area contributed by atoms with Crippen LogP contribution in [0.3, 0.4) is 0 Å². The van der Waals surface area contributed by atoms with E-state index in [0.29, 0.717) is 25.8 Å². The molecule has 0 bridgehead atoms. The molecule has 33 heavy (non-hydrogen) atoms. The van der Waals surface area contributed by atoms with E-state index < -0.39 is 24.0 Å². The molecule has 2 aromatic carbocycles. The minimum absolute atomic E-state index is 0.0148. The average molecular weight is 452 g/mol. The van der Waals surface area contributed by atoms with E-state index in [0.717, 1.165) is 19.3 Å². The number of hydrogen-bond donors (Lipinski definition) is 2. The molecule has 2 aromatic rings. The van der Waals surface area contributed by atoms with Gasteiger partial charge in [0.25, 0.3) is 0 Å². The van der Waals surface area contributed by atoms with Crippen molar-refractivity contribution < 1.29 is 28.9 Å². The van der Waals surface area contributed by atoms with Crippen LogP contribution in [0.5, 0.6) is 0 Å².